The Balaban J connectivity index is 2.09. The number of methoxy groups -OCH3 is 1. The minimum atomic E-state index is -0.139. The molecule has 1 N–H and O–H groups in total. The summed E-state index contributed by atoms with van der Waals surface area (Å²) in [5.74, 6) is 1.01. The van der Waals surface area contributed by atoms with Crippen LogP contribution in [0.1, 0.15) is 31.9 Å². The first kappa shape index (κ1) is 14.6. The molecule has 2 rings (SSSR count). The standard InChI is InChI=1S/C15H25NO3/c1-3-8-16-14(12-13-5-4-9-19-13)15(17-2)6-10-18-11-7-15/h4-5,9,14,16H,3,6-8,10-12H2,1-2H3. The maximum absolute atomic E-state index is 5.90. The third-order valence-corrected chi connectivity index (χ3v) is 4.01. The summed E-state index contributed by atoms with van der Waals surface area (Å²) in [6.45, 7) is 4.73. The molecule has 1 aromatic rings. The van der Waals surface area contributed by atoms with Gasteiger partial charge in [-0.1, -0.05) is 6.92 Å². The van der Waals surface area contributed by atoms with E-state index >= 15 is 0 Å². The van der Waals surface area contributed by atoms with Gasteiger partial charge in [0.05, 0.1) is 11.9 Å². The summed E-state index contributed by atoms with van der Waals surface area (Å²) in [6, 6.07) is 4.24. The second-order valence-electron chi connectivity index (χ2n) is 5.17. The predicted molar refractivity (Wildman–Crippen MR) is 74.3 cm³/mol. The molecule has 0 aromatic carbocycles. The van der Waals surface area contributed by atoms with Crippen molar-refractivity contribution in [3.8, 4) is 0 Å². The summed E-state index contributed by atoms with van der Waals surface area (Å²) in [6.07, 6.45) is 5.58. The van der Waals surface area contributed by atoms with E-state index in [4.69, 9.17) is 13.9 Å². The maximum Gasteiger partial charge on any atom is 0.105 e. The van der Waals surface area contributed by atoms with Gasteiger partial charge in [-0.2, -0.15) is 0 Å². The van der Waals surface area contributed by atoms with Crippen LogP contribution in [0, 0.1) is 0 Å². The molecular formula is C15H25NO3. The molecule has 0 spiro atoms. The average Bonchev–Trinajstić information content (AvgIpc) is 2.97. The molecule has 1 saturated heterocycles. The second kappa shape index (κ2) is 7.08. The Kier molecular flexibility index (Phi) is 5.43. The van der Waals surface area contributed by atoms with Gasteiger partial charge in [0.1, 0.15) is 5.76 Å². The van der Waals surface area contributed by atoms with Gasteiger partial charge in [-0.3, -0.25) is 0 Å². The van der Waals surface area contributed by atoms with Crippen LogP contribution in [0.25, 0.3) is 0 Å². The molecule has 0 bridgehead atoms. The Bertz CT molecular complexity index is 344. The van der Waals surface area contributed by atoms with E-state index in [9.17, 15) is 0 Å². The summed E-state index contributed by atoms with van der Waals surface area (Å²) in [7, 11) is 1.81. The zero-order valence-corrected chi connectivity index (χ0v) is 12.0. The fourth-order valence-electron chi connectivity index (χ4n) is 2.80. The van der Waals surface area contributed by atoms with E-state index in [-0.39, 0.29) is 11.6 Å². The maximum atomic E-state index is 5.90. The van der Waals surface area contributed by atoms with E-state index in [0.29, 0.717) is 0 Å². The molecule has 0 radical (unpaired) electrons. The molecule has 1 fully saturated rings. The zero-order chi connectivity index (χ0) is 13.6. The molecule has 1 aliphatic rings. The SMILES string of the molecule is CCCNC(Cc1ccco1)C1(OC)CCOCC1. The van der Waals surface area contributed by atoms with Crippen LogP contribution < -0.4 is 5.32 Å². The van der Waals surface area contributed by atoms with Crippen molar-refractivity contribution < 1.29 is 13.9 Å². The van der Waals surface area contributed by atoms with E-state index in [1.165, 1.54) is 0 Å². The zero-order valence-electron chi connectivity index (χ0n) is 12.0. The van der Waals surface area contributed by atoms with Crippen LogP contribution in [-0.2, 0) is 15.9 Å². The molecule has 2 heterocycles. The van der Waals surface area contributed by atoms with Crippen molar-refractivity contribution in [2.24, 2.45) is 0 Å². The molecule has 1 aromatic heterocycles. The fourth-order valence-corrected chi connectivity index (χ4v) is 2.80. The van der Waals surface area contributed by atoms with Crippen LogP contribution in [0.4, 0.5) is 0 Å². The van der Waals surface area contributed by atoms with Gasteiger partial charge in [-0.25, -0.2) is 0 Å². The van der Waals surface area contributed by atoms with Crippen LogP contribution in [0.2, 0.25) is 0 Å². The molecular weight excluding hydrogens is 242 g/mol. The van der Waals surface area contributed by atoms with Crippen molar-refractivity contribution in [1.29, 1.82) is 0 Å². The minimum Gasteiger partial charge on any atom is -0.469 e. The number of furan rings is 1. The highest BCUT2D eigenvalue weighted by Crippen LogP contribution is 2.30. The van der Waals surface area contributed by atoms with E-state index in [0.717, 1.165) is 51.2 Å². The van der Waals surface area contributed by atoms with Gasteiger partial charge in [0, 0.05) is 45.6 Å². The van der Waals surface area contributed by atoms with Crippen molar-refractivity contribution in [3.05, 3.63) is 24.2 Å². The highest BCUT2D eigenvalue weighted by atomic mass is 16.5. The van der Waals surface area contributed by atoms with E-state index in [2.05, 4.69) is 12.2 Å². The monoisotopic (exact) mass is 267 g/mol. The molecule has 19 heavy (non-hydrogen) atoms. The normalized spacial score (nSPS) is 20.3. The minimum absolute atomic E-state index is 0.139. The van der Waals surface area contributed by atoms with Gasteiger partial charge >= 0.3 is 0 Å². The quantitative estimate of drug-likeness (QED) is 0.824. The Morgan fingerprint density at radius 1 is 1.42 bits per heavy atom. The largest absolute Gasteiger partial charge is 0.469 e. The third kappa shape index (κ3) is 3.59. The first-order valence-electron chi connectivity index (χ1n) is 7.19. The molecule has 1 aliphatic heterocycles. The Hall–Kier alpha value is -0.840. The Labute approximate surface area is 115 Å². The summed E-state index contributed by atoms with van der Waals surface area (Å²) < 4.78 is 16.9. The number of hydrogen-bond donors (Lipinski definition) is 1. The van der Waals surface area contributed by atoms with Crippen molar-refractivity contribution in [2.75, 3.05) is 26.9 Å². The molecule has 0 saturated carbocycles. The summed E-state index contributed by atoms with van der Waals surface area (Å²) in [5, 5.41) is 3.63. The second-order valence-corrected chi connectivity index (χ2v) is 5.17. The molecule has 0 aliphatic carbocycles. The molecule has 1 atom stereocenters. The highest BCUT2D eigenvalue weighted by Gasteiger charge is 2.40. The third-order valence-electron chi connectivity index (χ3n) is 4.01. The van der Waals surface area contributed by atoms with Gasteiger partial charge in [0.15, 0.2) is 0 Å². The van der Waals surface area contributed by atoms with E-state index in [1.54, 1.807) is 6.26 Å². The lowest BCUT2D eigenvalue weighted by Crippen LogP contribution is -2.56. The molecule has 0 amide bonds. The van der Waals surface area contributed by atoms with Gasteiger partial charge in [-0.15, -0.1) is 0 Å². The van der Waals surface area contributed by atoms with Crippen molar-refractivity contribution in [3.63, 3.8) is 0 Å². The number of nitrogens with one attached hydrogen (secondary N) is 1. The first-order chi connectivity index (χ1) is 9.30. The van der Waals surface area contributed by atoms with Crippen molar-refractivity contribution in [2.45, 2.75) is 44.2 Å². The lowest BCUT2D eigenvalue weighted by Gasteiger charge is -2.42. The number of hydrogen-bond acceptors (Lipinski definition) is 4. The van der Waals surface area contributed by atoms with Crippen LogP contribution >= 0.6 is 0 Å². The van der Waals surface area contributed by atoms with Crippen LogP contribution in [-0.4, -0.2) is 38.5 Å². The van der Waals surface area contributed by atoms with Crippen molar-refractivity contribution in [1.82, 2.24) is 5.32 Å². The van der Waals surface area contributed by atoms with Gasteiger partial charge < -0.3 is 19.2 Å². The van der Waals surface area contributed by atoms with Crippen molar-refractivity contribution >= 4 is 0 Å². The average molecular weight is 267 g/mol. The first-order valence-corrected chi connectivity index (χ1v) is 7.19. The van der Waals surface area contributed by atoms with E-state index < -0.39 is 0 Å². The van der Waals surface area contributed by atoms with Crippen LogP contribution in [0.15, 0.2) is 22.8 Å². The Morgan fingerprint density at radius 2 is 2.21 bits per heavy atom. The number of ether oxygens (including phenoxy) is 2. The fraction of sp³-hybridized carbons (Fsp3) is 0.733. The van der Waals surface area contributed by atoms with Gasteiger partial charge in [0.2, 0.25) is 0 Å². The van der Waals surface area contributed by atoms with E-state index in [1.807, 2.05) is 19.2 Å². The smallest absolute Gasteiger partial charge is 0.105 e. The highest BCUT2D eigenvalue weighted by molar-refractivity contribution is 5.06. The molecule has 108 valence electrons. The molecule has 4 nitrogen and oxygen atoms in total. The lowest BCUT2D eigenvalue weighted by atomic mass is 9.83. The molecule has 4 heteroatoms. The predicted octanol–water partition coefficient (Wildman–Crippen LogP) is 2.39. The summed E-state index contributed by atoms with van der Waals surface area (Å²) in [5.41, 5.74) is -0.139. The number of rotatable bonds is 7. The topological polar surface area (TPSA) is 43.6 Å². The summed E-state index contributed by atoms with van der Waals surface area (Å²) in [4.78, 5) is 0. The van der Waals surface area contributed by atoms with Crippen LogP contribution in [0.3, 0.4) is 0 Å². The lowest BCUT2D eigenvalue weighted by molar-refractivity contribution is -0.110. The molecule has 1 unspecified atom stereocenters. The summed E-state index contributed by atoms with van der Waals surface area (Å²) >= 11 is 0. The van der Waals surface area contributed by atoms with Gasteiger partial charge in [0.25, 0.3) is 0 Å². The Morgan fingerprint density at radius 3 is 2.79 bits per heavy atom. The van der Waals surface area contributed by atoms with Crippen LogP contribution in [0.5, 0.6) is 0 Å². The van der Waals surface area contributed by atoms with Gasteiger partial charge in [-0.05, 0) is 25.1 Å².